The highest BCUT2D eigenvalue weighted by molar-refractivity contribution is 5.78. The number of fused-ring (bicyclic) bond motifs is 1. The van der Waals surface area contributed by atoms with E-state index in [4.69, 9.17) is 0 Å². The molecule has 0 amide bonds. The smallest absolute Gasteiger partial charge is 0.303 e. The number of rotatable bonds is 1. The fraction of sp³-hybridized carbons (Fsp3) is 0.231. The molecule has 0 fully saturated rings. The number of aromatic nitrogens is 4. The molecule has 0 spiro atoms. The highest BCUT2D eigenvalue weighted by atomic mass is 15.2. The van der Waals surface area contributed by atoms with Gasteiger partial charge in [0.15, 0.2) is 0 Å². The topological polar surface area (TPSA) is 37.5 Å². The van der Waals surface area contributed by atoms with E-state index in [0.717, 1.165) is 17.0 Å². The molecule has 4 nitrogen and oxygen atoms in total. The molecule has 0 aliphatic rings. The van der Waals surface area contributed by atoms with Gasteiger partial charge in [0.05, 0.1) is 18.1 Å². The van der Waals surface area contributed by atoms with Crippen LogP contribution < -0.4 is 4.57 Å². The van der Waals surface area contributed by atoms with Gasteiger partial charge in [-0.2, -0.15) is 9.55 Å². The van der Waals surface area contributed by atoms with Crippen molar-refractivity contribution in [3.05, 3.63) is 42.0 Å². The van der Waals surface area contributed by atoms with Crippen molar-refractivity contribution in [1.82, 2.24) is 14.5 Å². The van der Waals surface area contributed by atoms with Crippen LogP contribution in [0.15, 0.2) is 30.9 Å². The molecule has 1 N–H and O–H groups in total. The Bertz CT molecular complexity index is 652. The molecule has 0 atom stereocenters. The van der Waals surface area contributed by atoms with Gasteiger partial charge in [0, 0.05) is 0 Å². The summed E-state index contributed by atoms with van der Waals surface area (Å²) in [6.45, 7) is 4.23. The minimum Gasteiger partial charge on any atom is -0.303 e. The Kier molecular flexibility index (Phi) is 2.04. The fourth-order valence-electron chi connectivity index (χ4n) is 1.95. The molecular formula is C13H15N4+. The maximum absolute atomic E-state index is 4.59. The van der Waals surface area contributed by atoms with Gasteiger partial charge >= 0.3 is 5.95 Å². The molecular weight excluding hydrogens is 212 g/mol. The Balaban J connectivity index is 2.19. The highest BCUT2D eigenvalue weighted by Gasteiger charge is 2.10. The summed E-state index contributed by atoms with van der Waals surface area (Å²) < 4.78 is 3.97. The summed E-state index contributed by atoms with van der Waals surface area (Å²) in [5.74, 6) is 0.852. The predicted molar refractivity (Wildman–Crippen MR) is 66.1 cm³/mol. The molecule has 4 heteroatoms. The number of nitrogens with zero attached hydrogens (tertiary/aromatic N) is 3. The minimum atomic E-state index is 0.852. The molecule has 0 aliphatic heterocycles. The monoisotopic (exact) mass is 227 g/mol. The first-order valence-electron chi connectivity index (χ1n) is 5.64. The first-order chi connectivity index (χ1) is 8.13. The normalized spacial score (nSPS) is 11.2. The van der Waals surface area contributed by atoms with Crippen molar-refractivity contribution >= 4 is 11.0 Å². The Morgan fingerprint density at radius 3 is 2.71 bits per heavy atom. The van der Waals surface area contributed by atoms with E-state index in [-0.39, 0.29) is 0 Å². The van der Waals surface area contributed by atoms with E-state index in [2.05, 4.69) is 35.9 Å². The Labute approximate surface area is 99.5 Å². The van der Waals surface area contributed by atoms with Gasteiger partial charge in [-0.3, -0.25) is 0 Å². The lowest BCUT2D eigenvalue weighted by Gasteiger charge is -1.96. The van der Waals surface area contributed by atoms with Crippen LogP contribution in [0.2, 0.25) is 0 Å². The van der Waals surface area contributed by atoms with Crippen LogP contribution in [-0.4, -0.2) is 14.5 Å². The van der Waals surface area contributed by atoms with Crippen molar-refractivity contribution in [2.75, 3.05) is 0 Å². The maximum atomic E-state index is 4.59. The Morgan fingerprint density at radius 1 is 1.24 bits per heavy atom. The maximum Gasteiger partial charge on any atom is 0.304 e. The van der Waals surface area contributed by atoms with Crippen LogP contribution in [0.5, 0.6) is 0 Å². The Morgan fingerprint density at radius 2 is 2.00 bits per heavy atom. The van der Waals surface area contributed by atoms with E-state index in [1.807, 2.05) is 34.9 Å². The van der Waals surface area contributed by atoms with Crippen LogP contribution in [-0.2, 0) is 7.05 Å². The van der Waals surface area contributed by atoms with Gasteiger partial charge < -0.3 is 4.98 Å². The van der Waals surface area contributed by atoms with Gasteiger partial charge in [0.1, 0.15) is 12.4 Å². The molecule has 0 unspecified atom stereocenters. The van der Waals surface area contributed by atoms with Gasteiger partial charge in [-0.05, 0) is 37.1 Å². The average Bonchev–Trinajstić information content (AvgIpc) is 2.85. The molecule has 0 saturated heterocycles. The average molecular weight is 227 g/mol. The van der Waals surface area contributed by atoms with Crippen LogP contribution in [0.3, 0.4) is 0 Å². The summed E-state index contributed by atoms with van der Waals surface area (Å²) in [5, 5.41) is 0. The van der Waals surface area contributed by atoms with Crippen LogP contribution in [0.1, 0.15) is 11.1 Å². The SMILES string of the molecule is Cc1cc2nc(-n3cc[n+](C)c3)[nH]c2cc1C. The third-order valence-electron chi connectivity index (χ3n) is 3.10. The molecule has 0 bridgehead atoms. The van der Waals surface area contributed by atoms with Crippen LogP contribution in [0.4, 0.5) is 0 Å². The molecule has 3 aromatic rings. The van der Waals surface area contributed by atoms with Gasteiger partial charge in [0.25, 0.3) is 6.33 Å². The number of H-pyrrole nitrogens is 1. The van der Waals surface area contributed by atoms with Crippen LogP contribution in [0.25, 0.3) is 17.0 Å². The van der Waals surface area contributed by atoms with Crippen molar-refractivity contribution in [2.45, 2.75) is 13.8 Å². The van der Waals surface area contributed by atoms with E-state index in [1.165, 1.54) is 11.1 Å². The number of imidazole rings is 2. The Hall–Kier alpha value is -2.10. The van der Waals surface area contributed by atoms with Gasteiger partial charge in [0.2, 0.25) is 0 Å². The number of aromatic amines is 1. The highest BCUT2D eigenvalue weighted by Crippen LogP contribution is 2.18. The van der Waals surface area contributed by atoms with Crippen LogP contribution >= 0.6 is 0 Å². The van der Waals surface area contributed by atoms with E-state index in [0.29, 0.717) is 0 Å². The summed E-state index contributed by atoms with van der Waals surface area (Å²) in [6, 6.07) is 4.26. The lowest BCUT2D eigenvalue weighted by atomic mass is 10.1. The van der Waals surface area contributed by atoms with Gasteiger partial charge in [-0.15, -0.1) is 0 Å². The quantitative estimate of drug-likeness (QED) is 0.632. The van der Waals surface area contributed by atoms with E-state index >= 15 is 0 Å². The zero-order chi connectivity index (χ0) is 12.0. The number of benzene rings is 1. The van der Waals surface area contributed by atoms with E-state index < -0.39 is 0 Å². The van der Waals surface area contributed by atoms with Crippen molar-refractivity contribution in [3.8, 4) is 5.95 Å². The minimum absolute atomic E-state index is 0.852. The third kappa shape index (κ3) is 1.62. The van der Waals surface area contributed by atoms with Crippen molar-refractivity contribution in [2.24, 2.45) is 7.05 Å². The molecule has 3 rings (SSSR count). The summed E-state index contributed by atoms with van der Waals surface area (Å²) in [6.07, 6.45) is 5.96. The second-order valence-corrected chi connectivity index (χ2v) is 4.50. The molecule has 0 radical (unpaired) electrons. The summed E-state index contributed by atoms with van der Waals surface area (Å²) >= 11 is 0. The summed E-state index contributed by atoms with van der Waals surface area (Å²) in [5.41, 5.74) is 4.65. The van der Waals surface area contributed by atoms with Crippen molar-refractivity contribution in [3.63, 3.8) is 0 Å². The third-order valence-corrected chi connectivity index (χ3v) is 3.10. The second-order valence-electron chi connectivity index (χ2n) is 4.50. The lowest BCUT2D eigenvalue weighted by molar-refractivity contribution is -0.670. The molecule has 0 aliphatic carbocycles. The number of nitrogens with one attached hydrogen (secondary N) is 1. The van der Waals surface area contributed by atoms with Gasteiger partial charge in [-0.1, -0.05) is 0 Å². The fourth-order valence-corrected chi connectivity index (χ4v) is 1.95. The first kappa shape index (κ1) is 10.1. The molecule has 86 valence electrons. The molecule has 2 heterocycles. The summed E-state index contributed by atoms with van der Waals surface area (Å²) in [7, 11) is 1.99. The van der Waals surface area contributed by atoms with E-state index in [1.54, 1.807) is 0 Å². The molecule has 2 aromatic heterocycles. The summed E-state index contributed by atoms with van der Waals surface area (Å²) in [4.78, 5) is 7.92. The zero-order valence-corrected chi connectivity index (χ0v) is 10.2. The number of hydrogen-bond donors (Lipinski definition) is 1. The molecule has 1 aromatic carbocycles. The lowest BCUT2D eigenvalue weighted by Crippen LogP contribution is -2.23. The number of hydrogen-bond acceptors (Lipinski definition) is 1. The molecule has 0 saturated carbocycles. The second kappa shape index (κ2) is 3.45. The van der Waals surface area contributed by atoms with Crippen LogP contribution in [0, 0.1) is 13.8 Å². The number of aryl methyl sites for hydroxylation is 3. The van der Waals surface area contributed by atoms with Crippen molar-refractivity contribution in [1.29, 1.82) is 0 Å². The molecule has 17 heavy (non-hydrogen) atoms. The first-order valence-corrected chi connectivity index (χ1v) is 5.64. The van der Waals surface area contributed by atoms with Gasteiger partial charge in [-0.25, -0.2) is 4.57 Å². The van der Waals surface area contributed by atoms with E-state index in [9.17, 15) is 0 Å². The predicted octanol–water partition coefficient (Wildman–Crippen LogP) is 1.79. The standard InChI is InChI=1S/C13H15N4/c1-9-6-11-12(7-10(9)2)15-13(14-11)17-5-4-16(3)8-17/h4-8H,1-3H3,(H,14,15)/q+1. The zero-order valence-electron chi connectivity index (χ0n) is 10.2. The largest absolute Gasteiger partial charge is 0.304 e. The van der Waals surface area contributed by atoms with Crippen molar-refractivity contribution < 1.29 is 4.57 Å².